The van der Waals surface area contributed by atoms with E-state index >= 15 is 0 Å². The average Bonchev–Trinajstić information content (AvgIpc) is 3.11. The van der Waals surface area contributed by atoms with Gasteiger partial charge in [-0.15, -0.1) is 10.2 Å². The van der Waals surface area contributed by atoms with Crippen LogP contribution in [0.1, 0.15) is 24.6 Å². The van der Waals surface area contributed by atoms with Crippen LogP contribution in [0.2, 0.25) is 0 Å². The molecule has 3 aromatic rings. The van der Waals surface area contributed by atoms with E-state index in [0.717, 1.165) is 42.9 Å². The molecule has 26 heavy (non-hydrogen) atoms. The van der Waals surface area contributed by atoms with E-state index in [9.17, 15) is 4.79 Å². The van der Waals surface area contributed by atoms with Crippen molar-refractivity contribution in [3.05, 3.63) is 42.7 Å². The molecule has 4 rings (SSSR count). The van der Waals surface area contributed by atoms with Gasteiger partial charge >= 0.3 is 6.03 Å². The molecular formula is C18H21N7O. The highest BCUT2D eigenvalue weighted by molar-refractivity contribution is 5.73. The van der Waals surface area contributed by atoms with Crippen LogP contribution in [0.3, 0.4) is 0 Å². The molecule has 0 spiro atoms. The summed E-state index contributed by atoms with van der Waals surface area (Å²) in [5.74, 6) is 1.77. The van der Waals surface area contributed by atoms with Gasteiger partial charge in [-0.25, -0.2) is 9.78 Å². The molecule has 0 aliphatic carbocycles. The van der Waals surface area contributed by atoms with Crippen molar-refractivity contribution in [1.29, 1.82) is 0 Å². The van der Waals surface area contributed by atoms with Crippen LogP contribution >= 0.6 is 0 Å². The molecule has 8 nitrogen and oxygen atoms in total. The van der Waals surface area contributed by atoms with Gasteiger partial charge in [-0.05, 0) is 18.9 Å². The summed E-state index contributed by atoms with van der Waals surface area (Å²) in [6.07, 6.45) is 9.13. The number of rotatable bonds is 2. The molecule has 1 saturated heterocycles. The summed E-state index contributed by atoms with van der Waals surface area (Å²) in [4.78, 5) is 24.2. The van der Waals surface area contributed by atoms with Gasteiger partial charge in [0, 0.05) is 69.0 Å². The fourth-order valence-corrected chi connectivity index (χ4v) is 3.38. The third kappa shape index (κ3) is 2.98. The van der Waals surface area contributed by atoms with Crippen molar-refractivity contribution < 1.29 is 4.79 Å². The quantitative estimate of drug-likeness (QED) is 0.706. The van der Waals surface area contributed by atoms with E-state index in [-0.39, 0.29) is 11.9 Å². The maximum absolute atomic E-state index is 12.1. The van der Waals surface area contributed by atoms with E-state index in [4.69, 9.17) is 0 Å². The Morgan fingerprint density at radius 2 is 1.96 bits per heavy atom. The molecule has 1 aliphatic heterocycles. The van der Waals surface area contributed by atoms with Crippen LogP contribution in [0.25, 0.3) is 16.9 Å². The van der Waals surface area contributed by atoms with Gasteiger partial charge in [-0.3, -0.25) is 9.38 Å². The Morgan fingerprint density at radius 3 is 2.65 bits per heavy atom. The Kier molecular flexibility index (Phi) is 4.24. The van der Waals surface area contributed by atoms with Crippen molar-refractivity contribution in [2.45, 2.75) is 18.8 Å². The predicted octanol–water partition coefficient (Wildman–Crippen LogP) is 2.05. The number of carbonyl (C=O) groups is 1. The Balaban J connectivity index is 1.59. The van der Waals surface area contributed by atoms with Gasteiger partial charge in [0.2, 0.25) is 0 Å². The highest BCUT2D eigenvalue weighted by Crippen LogP contribution is 2.28. The molecule has 0 saturated carbocycles. The number of aromatic nitrogens is 5. The molecule has 0 aromatic carbocycles. The van der Waals surface area contributed by atoms with Crippen molar-refractivity contribution in [3.63, 3.8) is 0 Å². The minimum atomic E-state index is 0.0649. The molecule has 0 bridgehead atoms. The summed E-state index contributed by atoms with van der Waals surface area (Å²) < 4.78 is 1.97. The zero-order valence-corrected chi connectivity index (χ0v) is 14.9. The molecule has 0 radical (unpaired) electrons. The maximum atomic E-state index is 12.1. The SMILES string of the molecule is CN(C)C(=O)N1CCC(c2nnc3ncc(-c4cccnc4)cn23)CC1. The van der Waals surface area contributed by atoms with Gasteiger partial charge in [0.15, 0.2) is 0 Å². The number of piperidine rings is 1. The lowest BCUT2D eigenvalue weighted by molar-refractivity contribution is 0.155. The monoisotopic (exact) mass is 351 g/mol. The molecular weight excluding hydrogens is 330 g/mol. The van der Waals surface area contributed by atoms with Gasteiger partial charge in [-0.1, -0.05) is 6.07 Å². The minimum Gasteiger partial charge on any atom is -0.331 e. The standard InChI is InChI=1S/C18H21N7O/c1-23(2)18(26)24-8-5-13(6-9-24)16-21-22-17-20-11-15(12-25(16)17)14-4-3-7-19-10-14/h3-4,7,10-13H,5-6,8-9H2,1-2H3. The molecule has 3 aromatic heterocycles. The van der Waals surface area contributed by atoms with Crippen molar-refractivity contribution in [3.8, 4) is 11.1 Å². The summed E-state index contributed by atoms with van der Waals surface area (Å²) >= 11 is 0. The lowest BCUT2D eigenvalue weighted by atomic mass is 9.96. The fraction of sp³-hybridized carbons (Fsp3) is 0.389. The first-order chi connectivity index (χ1) is 12.6. The number of likely N-dealkylation sites (tertiary alicyclic amines) is 1. The highest BCUT2D eigenvalue weighted by atomic mass is 16.2. The van der Waals surface area contributed by atoms with E-state index in [2.05, 4.69) is 20.2 Å². The molecule has 1 aliphatic rings. The van der Waals surface area contributed by atoms with E-state index in [1.54, 1.807) is 31.4 Å². The number of nitrogens with zero attached hydrogens (tertiary/aromatic N) is 7. The van der Waals surface area contributed by atoms with Crippen molar-refractivity contribution in [1.82, 2.24) is 34.4 Å². The molecule has 8 heteroatoms. The predicted molar refractivity (Wildman–Crippen MR) is 96.6 cm³/mol. The van der Waals surface area contributed by atoms with Gasteiger partial charge in [0.1, 0.15) is 5.82 Å². The smallest absolute Gasteiger partial charge is 0.319 e. The summed E-state index contributed by atoms with van der Waals surface area (Å²) in [6, 6.07) is 3.98. The topological polar surface area (TPSA) is 79.5 Å². The summed E-state index contributed by atoms with van der Waals surface area (Å²) in [5, 5.41) is 8.59. The lowest BCUT2D eigenvalue weighted by Crippen LogP contribution is -2.43. The van der Waals surface area contributed by atoms with Gasteiger partial charge < -0.3 is 9.80 Å². The second kappa shape index (κ2) is 6.70. The first kappa shape index (κ1) is 16.4. The Hall–Kier alpha value is -3.03. The van der Waals surface area contributed by atoms with Crippen molar-refractivity contribution >= 4 is 11.8 Å². The number of hydrogen-bond donors (Lipinski definition) is 0. The molecule has 4 heterocycles. The number of pyridine rings is 1. The van der Waals surface area contributed by atoms with Crippen LogP contribution in [0, 0.1) is 0 Å². The third-order valence-electron chi connectivity index (χ3n) is 4.80. The first-order valence-corrected chi connectivity index (χ1v) is 8.71. The van der Waals surface area contributed by atoms with E-state index in [0.29, 0.717) is 5.78 Å². The zero-order chi connectivity index (χ0) is 18.1. The van der Waals surface area contributed by atoms with Crippen LogP contribution in [-0.2, 0) is 0 Å². The van der Waals surface area contributed by atoms with Crippen LogP contribution in [0.15, 0.2) is 36.9 Å². The normalized spacial score (nSPS) is 15.4. The number of hydrogen-bond acceptors (Lipinski definition) is 5. The first-order valence-electron chi connectivity index (χ1n) is 8.71. The molecule has 0 N–H and O–H groups in total. The van der Waals surface area contributed by atoms with Crippen molar-refractivity contribution in [2.75, 3.05) is 27.2 Å². The lowest BCUT2D eigenvalue weighted by Gasteiger charge is -2.32. The van der Waals surface area contributed by atoms with Crippen molar-refractivity contribution in [2.24, 2.45) is 0 Å². The molecule has 0 unspecified atom stereocenters. The second-order valence-corrected chi connectivity index (χ2v) is 6.75. The number of fused-ring (bicyclic) bond motifs is 1. The van der Waals surface area contributed by atoms with Crippen LogP contribution in [-0.4, -0.2) is 67.6 Å². The average molecular weight is 351 g/mol. The molecule has 2 amide bonds. The Labute approximate surface area is 151 Å². The number of carbonyl (C=O) groups excluding carboxylic acids is 1. The van der Waals surface area contributed by atoms with Gasteiger partial charge in [0.05, 0.1) is 0 Å². The highest BCUT2D eigenvalue weighted by Gasteiger charge is 2.27. The fourth-order valence-electron chi connectivity index (χ4n) is 3.38. The second-order valence-electron chi connectivity index (χ2n) is 6.75. The summed E-state index contributed by atoms with van der Waals surface area (Å²) in [5.41, 5.74) is 1.99. The number of amides is 2. The third-order valence-corrected chi connectivity index (χ3v) is 4.80. The molecule has 1 fully saturated rings. The van der Waals surface area contributed by atoms with E-state index in [1.807, 2.05) is 33.8 Å². The van der Waals surface area contributed by atoms with E-state index in [1.165, 1.54) is 0 Å². The summed E-state index contributed by atoms with van der Waals surface area (Å²) in [7, 11) is 3.57. The van der Waals surface area contributed by atoms with E-state index < -0.39 is 0 Å². The maximum Gasteiger partial charge on any atom is 0.319 e. The summed E-state index contributed by atoms with van der Waals surface area (Å²) in [6.45, 7) is 1.46. The van der Waals surface area contributed by atoms with Gasteiger partial charge in [-0.2, -0.15) is 0 Å². The molecule has 0 atom stereocenters. The number of urea groups is 1. The Morgan fingerprint density at radius 1 is 1.15 bits per heavy atom. The minimum absolute atomic E-state index is 0.0649. The Bertz CT molecular complexity index is 914. The van der Waals surface area contributed by atoms with Crippen LogP contribution < -0.4 is 0 Å². The largest absolute Gasteiger partial charge is 0.331 e. The molecule has 134 valence electrons. The van der Waals surface area contributed by atoms with Crippen LogP contribution in [0.4, 0.5) is 4.79 Å². The van der Waals surface area contributed by atoms with Gasteiger partial charge in [0.25, 0.3) is 5.78 Å². The zero-order valence-electron chi connectivity index (χ0n) is 14.9. The van der Waals surface area contributed by atoms with Crippen LogP contribution in [0.5, 0.6) is 0 Å².